The van der Waals surface area contributed by atoms with E-state index in [1.165, 1.54) is 48.5 Å². The summed E-state index contributed by atoms with van der Waals surface area (Å²) in [5.74, 6) is 0. The summed E-state index contributed by atoms with van der Waals surface area (Å²) in [6, 6.07) is 2.27. The summed E-state index contributed by atoms with van der Waals surface area (Å²) in [7, 11) is 0. The molecule has 0 radical (unpaired) electrons. The second-order valence-corrected chi connectivity index (χ2v) is 20.7. The van der Waals surface area contributed by atoms with Gasteiger partial charge in [-0.15, -0.1) is 0 Å². The number of rotatable bonds is 13. The minimum absolute atomic E-state index is 0.684. The number of allylic oxidation sites excluding steroid dienone is 2. The van der Waals surface area contributed by atoms with Gasteiger partial charge in [-0.1, -0.05) is 0 Å². The molecule has 0 aromatic carbocycles. The first-order valence-corrected chi connectivity index (χ1v) is 17.2. The maximum absolute atomic E-state index is 8.73. The van der Waals surface area contributed by atoms with E-state index < -0.39 is 18.4 Å². The van der Waals surface area contributed by atoms with Crippen LogP contribution in [0, 0.1) is 11.3 Å². The second kappa shape index (κ2) is 13.7. The van der Waals surface area contributed by atoms with Crippen LogP contribution in [-0.2, 0) is 0 Å². The zero-order chi connectivity index (χ0) is 16.0. The van der Waals surface area contributed by atoms with Crippen molar-refractivity contribution in [3.05, 3.63) is 11.6 Å². The molecule has 0 rings (SSSR count). The van der Waals surface area contributed by atoms with E-state index in [1.807, 2.05) is 0 Å². The van der Waals surface area contributed by atoms with Crippen LogP contribution in [0.15, 0.2) is 11.6 Å². The van der Waals surface area contributed by atoms with E-state index in [0.29, 0.717) is 6.42 Å². The van der Waals surface area contributed by atoms with Crippen molar-refractivity contribution in [3.8, 4) is 6.07 Å². The van der Waals surface area contributed by atoms with Gasteiger partial charge in [0.1, 0.15) is 0 Å². The van der Waals surface area contributed by atoms with Crippen LogP contribution >= 0.6 is 0 Å². The predicted octanol–water partition coefficient (Wildman–Crippen LogP) is 7.09. The number of nitrogens with zero attached hydrogens (tertiary/aromatic N) is 1. The topological polar surface area (TPSA) is 23.8 Å². The maximum atomic E-state index is 8.73. The van der Waals surface area contributed by atoms with Crippen molar-refractivity contribution in [1.82, 2.24) is 0 Å². The molecule has 122 valence electrons. The minimum atomic E-state index is -1.96. The first-order chi connectivity index (χ1) is 10.1. The molecule has 0 saturated heterocycles. The third-order valence-corrected chi connectivity index (χ3v) is 19.9. The van der Waals surface area contributed by atoms with Crippen molar-refractivity contribution >= 4 is 18.4 Å². The number of hydrogen-bond acceptors (Lipinski definition) is 1. The van der Waals surface area contributed by atoms with Crippen LogP contribution in [0.3, 0.4) is 0 Å². The van der Waals surface area contributed by atoms with Gasteiger partial charge in [0.2, 0.25) is 0 Å². The summed E-state index contributed by atoms with van der Waals surface area (Å²) in [5.41, 5.74) is 1.46. The Bertz CT molecular complexity index is 292. The van der Waals surface area contributed by atoms with Crippen LogP contribution in [-0.4, -0.2) is 18.4 Å². The third-order valence-electron chi connectivity index (χ3n) is 4.70. The van der Waals surface area contributed by atoms with Crippen LogP contribution in [0.25, 0.3) is 0 Å². The molecule has 1 nitrogen and oxygen atoms in total. The summed E-state index contributed by atoms with van der Waals surface area (Å²) in [4.78, 5) is 0. The van der Waals surface area contributed by atoms with Crippen LogP contribution in [0.1, 0.15) is 79.1 Å². The van der Waals surface area contributed by atoms with E-state index in [2.05, 4.69) is 39.8 Å². The van der Waals surface area contributed by atoms with Crippen LogP contribution < -0.4 is 0 Å². The molecule has 0 N–H and O–H groups in total. The van der Waals surface area contributed by atoms with Crippen molar-refractivity contribution in [3.63, 3.8) is 0 Å². The zero-order valence-electron chi connectivity index (χ0n) is 15.0. The molecule has 0 saturated carbocycles. The molecule has 0 atom stereocenters. The van der Waals surface area contributed by atoms with Crippen molar-refractivity contribution in [1.29, 1.82) is 5.26 Å². The van der Waals surface area contributed by atoms with Crippen LogP contribution in [0.5, 0.6) is 0 Å². The Labute approximate surface area is 138 Å². The molecular formula is C19H37NSn. The Morgan fingerprint density at radius 1 is 0.952 bits per heavy atom. The number of hydrogen-bond donors (Lipinski definition) is 0. The van der Waals surface area contributed by atoms with E-state index in [9.17, 15) is 0 Å². The van der Waals surface area contributed by atoms with Gasteiger partial charge in [-0.3, -0.25) is 0 Å². The Morgan fingerprint density at radius 3 is 1.81 bits per heavy atom. The molecule has 0 aliphatic carbocycles. The SMILES string of the molecule is CCC[CH2][Sn]([CH2]/C=C(\C)CCC#N)([CH2]CCC)[CH2]CCC. The van der Waals surface area contributed by atoms with Crippen LogP contribution in [0.2, 0.25) is 17.7 Å². The third kappa shape index (κ3) is 10.4. The number of nitriles is 1. The van der Waals surface area contributed by atoms with Crippen LogP contribution in [0.4, 0.5) is 0 Å². The zero-order valence-corrected chi connectivity index (χ0v) is 17.9. The average molecular weight is 398 g/mol. The van der Waals surface area contributed by atoms with Gasteiger partial charge in [-0.2, -0.15) is 0 Å². The van der Waals surface area contributed by atoms with E-state index in [1.54, 1.807) is 13.3 Å². The van der Waals surface area contributed by atoms with E-state index in [4.69, 9.17) is 5.26 Å². The molecule has 0 amide bonds. The Balaban J connectivity index is 4.81. The molecule has 0 unspecified atom stereocenters. The summed E-state index contributed by atoms with van der Waals surface area (Å²) in [5, 5.41) is 8.73. The Kier molecular flexibility index (Phi) is 13.7. The molecular weight excluding hydrogens is 361 g/mol. The molecule has 0 aromatic rings. The van der Waals surface area contributed by atoms with E-state index in [0.717, 1.165) is 6.42 Å². The summed E-state index contributed by atoms with van der Waals surface area (Å²) >= 11 is -1.96. The fraction of sp³-hybridized carbons (Fsp3) is 0.842. The van der Waals surface area contributed by atoms with Gasteiger partial charge >= 0.3 is 138 Å². The van der Waals surface area contributed by atoms with Crippen molar-refractivity contribution < 1.29 is 0 Å². The molecule has 2 heteroatoms. The molecule has 0 aromatic heterocycles. The van der Waals surface area contributed by atoms with Crippen molar-refractivity contribution in [2.24, 2.45) is 0 Å². The summed E-state index contributed by atoms with van der Waals surface area (Å²) in [6.45, 7) is 9.24. The molecule has 21 heavy (non-hydrogen) atoms. The predicted molar refractivity (Wildman–Crippen MR) is 98.3 cm³/mol. The summed E-state index contributed by atoms with van der Waals surface area (Å²) in [6.07, 6.45) is 12.6. The fourth-order valence-corrected chi connectivity index (χ4v) is 18.7. The Hall–Kier alpha value is 0.0287. The summed E-state index contributed by atoms with van der Waals surface area (Å²) < 4.78 is 6.21. The number of unbranched alkanes of at least 4 members (excludes halogenated alkanes) is 3. The molecule has 0 fully saturated rings. The van der Waals surface area contributed by atoms with E-state index in [-0.39, 0.29) is 0 Å². The van der Waals surface area contributed by atoms with Gasteiger partial charge in [-0.05, 0) is 0 Å². The van der Waals surface area contributed by atoms with Gasteiger partial charge in [0.15, 0.2) is 0 Å². The monoisotopic (exact) mass is 399 g/mol. The normalized spacial score (nSPS) is 12.4. The van der Waals surface area contributed by atoms with E-state index >= 15 is 0 Å². The Morgan fingerprint density at radius 2 is 1.43 bits per heavy atom. The van der Waals surface area contributed by atoms with Crippen molar-refractivity contribution in [2.75, 3.05) is 0 Å². The molecule has 0 bridgehead atoms. The first kappa shape index (κ1) is 21.0. The van der Waals surface area contributed by atoms with Gasteiger partial charge in [0, 0.05) is 0 Å². The first-order valence-electron chi connectivity index (χ1n) is 9.16. The fourth-order valence-electron chi connectivity index (χ4n) is 3.08. The van der Waals surface area contributed by atoms with Gasteiger partial charge in [0.05, 0.1) is 0 Å². The van der Waals surface area contributed by atoms with Gasteiger partial charge in [-0.25, -0.2) is 0 Å². The molecule has 0 heterocycles. The van der Waals surface area contributed by atoms with Crippen molar-refractivity contribution in [2.45, 2.75) is 96.8 Å². The van der Waals surface area contributed by atoms with Gasteiger partial charge < -0.3 is 0 Å². The standard InChI is InChI=1S/C7H10N.3C4H9.Sn/c1-3-7(2)5-4-6-8;3*1-3-4-2;/h3H,1,4-5H2,2H3;3*1,3-4H2,2H3;/b7-3+;;;;. The van der Waals surface area contributed by atoms with Gasteiger partial charge in [0.25, 0.3) is 0 Å². The quantitative estimate of drug-likeness (QED) is 0.240. The average Bonchev–Trinajstić information content (AvgIpc) is 2.51. The second-order valence-electron chi connectivity index (χ2n) is 6.72. The molecule has 0 aliphatic rings. The molecule has 0 aliphatic heterocycles. The molecule has 0 spiro atoms.